The molecule has 1 atom stereocenters. The van der Waals surface area contributed by atoms with Gasteiger partial charge in [-0.1, -0.05) is 0 Å². The molecule has 2 aromatic rings. The van der Waals surface area contributed by atoms with Crippen molar-refractivity contribution in [2.45, 2.75) is 19.4 Å². The molecule has 0 bridgehead atoms. The molecule has 1 aliphatic rings. The van der Waals surface area contributed by atoms with Gasteiger partial charge < -0.3 is 10.4 Å². The van der Waals surface area contributed by atoms with Crippen LogP contribution in [0, 0.1) is 5.92 Å². The summed E-state index contributed by atoms with van der Waals surface area (Å²) in [4.78, 5) is 12.7. The number of fused-ring (bicyclic) bond motifs is 1. The predicted molar refractivity (Wildman–Crippen MR) is 82.0 cm³/mol. The van der Waals surface area contributed by atoms with Crippen molar-refractivity contribution in [3.8, 4) is 0 Å². The third-order valence-corrected chi connectivity index (χ3v) is 4.64. The number of likely N-dealkylation sites (tertiary alicyclic amines) is 1. The van der Waals surface area contributed by atoms with Crippen molar-refractivity contribution in [3.63, 3.8) is 0 Å². The van der Waals surface area contributed by atoms with Gasteiger partial charge in [-0.25, -0.2) is 9.97 Å². The van der Waals surface area contributed by atoms with Gasteiger partial charge in [0.1, 0.15) is 16.5 Å². The molecule has 20 heavy (non-hydrogen) atoms. The van der Waals surface area contributed by atoms with Gasteiger partial charge in [-0.2, -0.15) is 0 Å². The highest BCUT2D eigenvalue weighted by Gasteiger charge is 2.20. The average Bonchev–Trinajstić information content (AvgIpc) is 2.95. The van der Waals surface area contributed by atoms with Crippen molar-refractivity contribution in [2.75, 3.05) is 32.1 Å². The van der Waals surface area contributed by atoms with Crippen LogP contribution in [-0.2, 0) is 6.54 Å². The number of aliphatic hydroxyl groups is 1. The topological polar surface area (TPSA) is 61.3 Å². The number of piperidine rings is 1. The molecule has 5 nitrogen and oxygen atoms in total. The number of thiophene rings is 1. The fraction of sp³-hybridized carbons (Fsp3) is 0.571. The van der Waals surface area contributed by atoms with E-state index in [1.165, 1.54) is 0 Å². The highest BCUT2D eigenvalue weighted by molar-refractivity contribution is 7.16. The van der Waals surface area contributed by atoms with Crippen molar-refractivity contribution in [3.05, 3.63) is 17.3 Å². The zero-order valence-electron chi connectivity index (χ0n) is 11.7. The lowest BCUT2D eigenvalue weighted by atomic mass is 9.99. The molecule has 0 aliphatic carbocycles. The summed E-state index contributed by atoms with van der Waals surface area (Å²) < 4.78 is 0. The second-order valence-corrected chi connectivity index (χ2v) is 6.20. The quantitative estimate of drug-likeness (QED) is 0.902. The van der Waals surface area contributed by atoms with E-state index in [0.717, 1.165) is 54.3 Å². The standard InChI is InChI=1S/C14H20N4OS/c1-15-13-11-4-6-20-14(11)17-12(16-13)8-18-5-2-3-10(7-18)9-19/h4,6,10,19H,2-3,5,7-9H2,1H3,(H,15,16,17). The monoisotopic (exact) mass is 292 g/mol. The van der Waals surface area contributed by atoms with E-state index in [1.807, 2.05) is 12.4 Å². The van der Waals surface area contributed by atoms with Crippen LogP contribution < -0.4 is 5.32 Å². The molecule has 3 rings (SSSR count). The first kappa shape index (κ1) is 13.7. The molecular formula is C14H20N4OS. The Morgan fingerprint density at radius 3 is 3.20 bits per heavy atom. The molecule has 0 saturated carbocycles. The van der Waals surface area contributed by atoms with Crippen molar-refractivity contribution < 1.29 is 5.11 Å². The van der Waals surface area contributed by atoms with Crippen molar-refractivity contribution in [1.82, 2.24) is 14.9 Å². The van der Waals surface area contributed by atoms with Gasteiger partial charge in [0, 0.05) is 20.2 Å². The maximum Gasteiger partial charge on any atom is 0.146 e. The van der Waals surface area contributed by atoms with Crippen LogP contribution in [-0.4, -0.2) is 46.7 Å². The maximum absolute atomic E-state index is 9.30. The molecule has 0 amide bonds. The third-order valence-electron chi connectivity index (χ3n) is 3.83. The van der Waals surface area contributed by atoms with Gasteiger partial charge in [0.25, 0.3) is 0 Å². The normalized spacial score (nSPS) is 20.4. The molecule has 0 spiro atoms. The molecule has 108 valence electrons. The van der Waals surface area contributed by atoms with Crippen LogP contribution in [0.3, 0.4) is 0 Å². The molecule has 1 unspecified atom stereocenters. The van der Waals surface area contributed by atoms with Crippen LogP contribution in [0.4, 0.5) is 5.82 Å². The van der Waals surface area contributed by atoms with Crippen molar-refractivity contribution in [2.24, 2.45) is 5.92 Å². The van der Waals surface area contributed by atoms with E-state index in [9.17, 15) is 5.11 Å². The minimum absolute atomic E-state index is 0.281. The zero-order valence-corrected chi connectivity index (χ0v) is 12.5. The number of anilines is 1. The fourth-order valence-corrected chi connectivity index (χ4v) is 3.59. The summed E-state index contributed by atoms with van der Waals surface area (Å²) in [5.74, 6) is 2.17. The number of hydrogen-bond donors (Lipinski definition) is 2. The SMILES string of the molecule is CNc1nc(CN2CCCC(CO)C2)nc2sccc12. The molecule has 1 saturated heterocycles. The number of nitrogens with zero attached hydrogens (tertiary/aromatic N) is 3. The molecule has 1 fully saturated rings. The van der Waals surface area contributed by atoms with E-state index in [1.54, 1.807) is 11.3 Å². The Kier molecular flexibility index (Phi) is 4.14. The maximum atomic E-state index is 9.30. The molecule has 1 aliphatic heterocycles. The highest BCUT2D eigenvalue weighted by Crippen LogP contribution is 2.25. The molecule has 0 radical (unpaired) electrons. The largest absolute Gasteiger partial charge is 0.396 e. The van der Waals surface area contributed by atoms with E-state index < -0.39 is 0 Å². The number of nitrogens with one attached hydrogen (secondary N) is 1. The predicted octanol–water partition coefficient (Wildman–Crippen LogP) is 1.94. The summed E-state index contributed by atoms with van der Waals surface area (Å²) in [5, 5.41) is 15.6. The molecule has 0 aromatic carbocycles. The van der Waals surface area contributed by atoms with Crippen LogP contribution in [0.15, 0.2) is 11.4 Å². The minimum atomic E-state index is 0.281. The van der Waals surface area contributed by atoms with E-state index >= 15 is 0 Å². The van der Waals surface area contributed by atoms with Crippen LogP contribution in [0.5, 0.6) is 0 Å². The Morgan fingerprint density at radius 1 is 1.50 bits per heavy atom. The van der Waals surface area contributed by atoms with Gasteiger partial charge in [-0.15, -0.1) is 11.3 Å². The zero-order chi connectivity index (χ0) is 13.9. The Balaban J connectivity index is 1.79. The molecule has 2 aromatic heterocycles. The highest BCUT2D eigenvalue weighted by atomic mass is 32.1. The van der Waals surface area contributed by atoms with Gasteiger partial charge in [-0.3, -0.25) is 4.90 Å². The number of rotatable bonds is 4. The smallest absolute Gasteiger partial charge is 0.146 e. The second-order valence-electron chi connectivity index (χ2n) is 5.30. The van der Waals surface area contributed by atoms with E-state index in [2.05, 4.69) is 26.3 Å². The summed E-state index contributed by atoms with van der Waals surface area (Å²) in [7, 11) is 1.89. The fourth-order valence-electron chi connectivity index (χ4n) is 2.80. The van der Waals surface area contributed by atoms with Crippen LogP contribution in [0.25, 0.3) is 10.2 Å². The average molecular weight is 292 g/mol. The van der Waals surface area contributed by atoms with E-state index in [0.29, 0.717) is 5.92 Å². The van der Waals surface area contributed by atoms with Gasteiger partial charge in [-0.05, 0) is 36.8 Å². The van der Waals surface area contributed by atoms with E-state index in [4.69, 9.17) is 0 Å². The van der Waals surface area contributed by atoms with Gasteiger partial charge in [0.2, 0.25) is 0 Å². The van der Waals surface area contributed by atoms with Crippen molar-refractivity contribution in [1.29, 1.82) is 0 Å². The summed E-state index contributed by atoms with van der Waals surface area (Å²) in [6.07, 6.45) is 2.27. The molecule has 3 heterocycles. The van der Waals surface area contributed by atoms with Crippen LogP contribution in [0.2, 0.25) is 0 Å². The summed E-state index contributed by atoms with van der Waals surface area (Å²) in [5.41, 5.74) is 0. The molecule has 6 heteroatoms. The molecular weight excluding hydrogens is 272 g/mol. The lowest BCUT2D eigenvalue weighted by Gasteiger charge is -2.31. The van der Waals surface area contributed by atoms with Crippen molar-refractivity contribution >= 4 is 27.4 Å². The Morgan fingerprint density at radius 2 is 2.40 bits per heavy atom. The Bertz CT molecular complexity index is 586. The first-order valence-corrected chi connectivity index (χ1v) is 7.93. The van der Waals surface area contributed by atoms with Crippen LogP contribution >= 0.6 is 11.3 Å². The first-order valence-electron chi connectivity index (χ1n) is 7.05. The summed E-state index contributed by atoms with van der Waals surface area (Å²) in [6, 6.07) is 2.05. The summed E-state index contributed by atoms with van der Waals surface area (Å²) >= 11 is 1.65. The number of aromatic nitrogens is 2. The summed E-state index contributed by atoms with van der Waals surface area (Å²) in [6.45, 7) is 3.05. The molecule has 2 N–H and O–H groups in total. The lowest BCUT2D eigenvalue weighted by Crippen LogP contribution is -2.36. The van der Waals surface area contributed by atoms with Gasteiger partial charge in [0.15, 0.2) is 0 Å². The van der Waals surface area contributed by atoms with Gasteiger partial charge in [0.05, 0.1) is 11.9 Å². The van der Waals surface area contributed by atoms with E-state index in [-0.39, 0.29) is 6.61 Å². The second kappa shape index (κ2) is 6.03. The number of aliphatic hydroxyl groups excluding tert-OH is 1. The number of hydrogen-bond acceptors (Lipinski definition) is 6. The first-order chi connectivity index (χ1) is 9.80. The third kappa shape index (κ3) is 2.77. The Labute approximate surface area is 122 Å². The van der Waals surface area contributed by atoms with Gasteiger partial charge >= 0.3 is 0 Å². The lowest BCUT2D eigenvalue weighted by molar-refractivity contribution is 0.114. The minimum Gasteiger partial charge on any atom is -0.396 e. The van der Waals surface area contributed by atoms with Crippen LogP contribution in [0.1, 0.15) is 18.7 Å². The Hall–Kier alpha value is -1.24.